The Balaban J connectivity index is 2.71. The van der Waals surface area contributed by atoms with Crippen molar-refractivity contribution in [3.63, 3.8) is 0 Å². The summed E-state index contributed by atoms with van der Waals surface area (Å²) in [6.45, 7) is 0.0746. The maximum absolute atomic E-state index is 13.1. The molecule has 2 amide bonds. The number of hydrogen-bond acceptors (Lipinski definition) is 1. The van der Waals surface area contributed by atoms with Crippen LogP contribution in [0.4, 0.5) is 9.18 Å². The van der Waals surface area contributed by atoms with Crippen molar-refractivity contribution in [3.05, 3.63) is 34.6 Å². The van der Waals surface area contributed by atoms with E-state index in [1.54, 1.807) is 6.07 Å². The smallest absolute Gasteiger partial charge is 0.314 e. The van der Waals surface area contributed by atoms with Crippen molar-refractivity contribution < 1.29 is 9.18 Å². The maximum atomic E-state index is 13.1. The Hall–Kier alpha value is -1.29. The molecule has 1 rings (SSSR count). The molecule has 0 radical (unpaired) electrons. The Labute approximate surface area is 86.3 Å². The highest BCUT2D eigenvalue weighted by atomic mass is 35.5. The van der Waals surface area contributed by atoms with Gasteiger partial charge in [-0.2, -0.15) is 0 Å². The van der Waals surface area contributed by atoms with E-state index >= 15 is 0 Å². The second-order valence-corrected chi connectivity index (χ2v) is 3.04. The summed E-state index contributed by atoms with van der Waals surface area (Å²) < 4.78 is 13.1. The van der Waals surface area contributed by atoms with Crippen LogP contribution in [0.2, 0.25) is 5.02 Å². The van der Waals surface area contributed by atoms with Crippen LogP contribution in [0.3, 0.4) is 0 Å². The van der Waals surface area contributed by atoms with Gasteiger partial charge in [0.05, 0.1) is 0 Å². The van der Waals surface area contributed by atoms with Gasteiger partial charge in [0.25, 0.3) is 0 Å². The van der Waals surface area contributed by atoms with Crippen molar-refractivity contribution in [3.8, 4) is 0 Å². The van der Waals surface area contributed by atoms with Gasteiger partial charge in [0.2, 0.25) is 0 Å². The molecule has 0 unspecified atom stereocenters. The van der Waals surface area contributed by atoms with E-state index in [4.69, 9.17) is 11.6 Å². The van der Waals surface area contributed by atoms with E-state index in [1.165, 1.54) is 19.2 Å². The van der Waals surface area contributed by atoms with Crippen LogP contribution in [0.1, 0.15) is 5.56 Å². The highest BCUT2D eigenvalue weighted by Gasteiger charge is 2.07. The molecule has 0 saturated heterocycles. The van der Waals surface area contributed by atoms with Gasteiger partial charge in [-0.15, -0.1) is 0 Å². The molecule has 3 nitrogen and oxygen atoms in total. The second kappa shape index (κ2) is 4.81. The lowest BCUT2D eigenvalue weighted by Crippen LogP contribution is -2.32. The molecule has 0 bridgehead atoms. The van der Waals surface area contributed by atoms with Crippen molar-refractivity contribution >= 4 is 17.6 Å². The van der Waals surface area contributed by atoms with E-state index in [2.05, 4.69) is 10.6 Å². The summed E-state index contributed by atoms with van der Waals surface area (Å²) in [5.41, 5.74) is 0.290. The van der Waals surface area contributed by atoms with Crippen LogP contribution in [0.25, 0.3) is 0 Å². The van der Waals surface area contributed by atoms with Crippen molar-refractivity contribution in [1.82, 2.24) is 10.6 Å². The number of urea groups is 1. The molecule has 1 aromatic rings. The minimum Gasteiger partial charge on any atom is -0.341 e. The predicted molar refractivity (Wildman–Crippen MR) is 52.7 cm³/mol. The fraction of sp³-hybridized carbons (Fsp3) is 0.222. The van der Waals surface area contributed by atoms with Gasteiger partial charge in [0, 0.05) is 24.2 Å². The number of carbonyl (C=O) groups is 1. The highest BCUT2D eigenvalue weighted by molar-refractivity contribution is 6.31. The number of hydrogen-bond donors (Lipinski definition) is 2. The van der Waals surface area contributed by atoms with E-state index in [9.17, 15) is 9.18 Å². The number of rotatable bonds is 2. The topological polar surface area (TPSA) is 41.1 Å². The molecule has 0 atom stereocenters. The monoisotopic (exact) mass is 216 g/mol. The van der Waals surface area contributed by atoms with Crippen molar-refractivity contribution in [2.45, 2.75) is 6.54 Å². The van der Waals surface area contributed by atoms with Gasteiger partial charge in [0.15, 0.2) is 0 Å². The maximum Gasteiger partial charge on any atom is 0.314 e. The molecular formula is C9H10ClFN2O. The van der Waals surface area contributed by atoms with Gasteiger partial charge in [-0.25, -0.2) is 9.18 Å². The first-order chi connectivity index (χ1) is 6.65. The van der Waals surface area contributed by atoms with Crippen molar-refractivity contribution in [2.75, 3.05) is 7.05 Å². The molecule has 0 fully saturated rings. The zero-order valence-corrected chi connectivity index (χ0v) is 8.36. The standard InChI is InChI=1S/C9H10ClFN2O/c1-12-9(14)13-5-6-7(10)3-2-4-8(6)11/h2-4H,5H2,1H3,(H2,12,13,14). The molecule has 0 heterocycles. The normalized spacial score (nSPS) is 9.64. The quantitative estimate of drug-likeness (QED) is 0.779. The van der Waals surface area contributed by atoms with E-state index in [1.807, 2.05) is 0 Å². The third kappa shape index (κ3) is 2.60. The third-order valence-electron chi connectivity index (χ3n) is 1.71. The average molecular weight is 217 g/mol. The SMILES string of the molecule is CNC(=O)NCc1c(F)cccc1Cl. The van der Waals surface area contributed by atoms with Gasteiger partial charge in [0.1, 0.15) is 5.82 Å². The first kappa shape index (κ1) is 10.8. The molecule has 5 heteroatoms. The van der Waals surface area contributed by atoms with Gasteiger partial charge >= 0.3 is 6.03 Å². The first-order valence-corrected chi connectivity index (χ1v) is 4.41. The zero-order chi connectivity index (χ0) is 10.6. The van der Waals surface area contributed by atoms with Crippen LogP contribution in [-0.2, 0) is 6.54 Å². The number of amides is 2. The van der Waals surface area contributed by atoms with Crippen LogP contribution < -0.4 is 10.6 Å². The first-order valence-electron chi connectivity index (χ1n) is 4.03. The molecule has 1 aromatic carbocycles. The summed E-state index contributed by atoms with van der Waals surface area (Å²) in [6, 6.07) is 4.02. The van der Waals surface area contributed by atoms with Crippen LogP contribution >= 0.6 is 11.6 Å². The molecule has 2 N–H and O–H groups in total. The largest absolute Gasteiger partial charge is 0.341 e. The molecule has 0 saturated carbocycles. The average Bonchev–Trinajstić information content (AvgIpc) is 2.16. The Morgan fingerprint density at radius 1 is 1.57 bits per heavy atom. The van der Waals surface area contributed by atoms with Gasteiger partial charge in [-0.1, -0.05) is 17.7 Å². The summed E-state index contributed by atoms with van der Waals surface area (Å²) in [5.74, 6) is -0.422. The minimum atomic E-state index is -0.422. The summed E-state index contributed by atoms with van der Waals surface area (Å²) >= 11 is 5.74. The van der Waals surface area contributed by atoms with E-state index < -0.39 is 5.82 Å². The fourth-order valence-electron chi connectivity index (χ4n) is 0.958. The third-order valence-corrected chi connectivity index (χ3v) is 2.07. The Morgan fingerprint density at radius 3 is 2.86 bits per heavy atom. The lowest BCUT2D eigenvalue weighted by atomic mass is 10.2. The summed E-state index contributed by atoms with van der Waals surface area (Å²) in [4.78, 5) is 10.8. The van der Waals surface area contributed by atoms with E-state index in [0.717, 1.165) is 0 Å². The van der Waals surface area contributed by atoms with Crippen LogP contribution in [0.15, 0.2) is 18.2 Å². The van der Waals surface area contributed by atoms with Crippen molar-refractivity contribution in [1.29, 1.82) is 0 Å². The lowest BCUT2D eigenvalue weighted by Gasteiger charge is -2.06. The number of nitrogens with one attached hydrogen (secondary N) is 2. The Kier molecular flexibility index (Phi) is 3.71. The molecule has 0 aliphatic carbocycles. The predicted octanol–water partition coefficient (Wildman–Crippen LogP) is 1.91. The minimum absolute atomic E-state index is 0.0746. The Bertz CT molecular complexity index is 323. The van der Waals surface area contributed by atoms with Crippen molar-refractivity contribution in [2.24, 2.45) is 0 Å². The number of benzene rings is 1. The van der Waals surface area contributed by atoms with Gasteiger partial charge in [-0.3, -0.25) is 0 Å². The van der Waals surface area contributed by atoms with E-state index in [-0.39, 0.29) is 18.1 Å². The van der Waals surface area contributed by atoms with Crippen LogP contribution in [0.5, 0.6) is 0 Å². The second-order valence-electron chi connectivity index (χ2n) is 2.63. The molecule has 14 heavy (non-hydrogen) atoms. The molecule has 0 aliphatic heterocycles. The summed E-state index contributed by atoms with van der Waals surface area (Å²) in [6.07, 6.45) is 0. The molecule has 0 aromatic heterocycles. The summed E-state index contributed by atoms with van der Waals surface area (Å²) in [7, 11) is 1.48. The van der Waals surface area contributed by atoms with E-state index in [0.29, 0.717) is 5.02 Å². The lowest BCUT2D eigenvalue weighted by molar-refractivity contribution is 0.242. The highest BCUT2D eigenvalue weighted by Crippen LogP contribution is 2.18. The zero-order valence-electron chi connectivity index (χ0n) is 7.60. The van der Waals surface area contributed by atoms with Gasteiger partial charge < -0.3 is 10.6 Å². The Morgan fingerprint density at radius 2 is 2.29 bits per heavy atom. The molecule has 0 aliphatic rings. The van der Waals surface area contributed by atoms with Crippen LogP contribution in [-0.4, -0.2) is 13.1 Å². The number of carbonyl (C=O) groups excluding carboxylic acids is 1. The van der Waals surface area contributed by atoms with Gasteiger partial charge in [-0.05, 0) is 12.1 Å². The number of halogens is 2. The molecule has 0 spiro atoms. The molecule has 76 valence electrons. The fourth-order valence-corrected chi connectivity index (χ4v) is 1.19. The summed E-state index contributed by atoms with van der Waals surface area (Å²) in [5, 5.41) is 5.12. The van der Waals surface area contributed by atoms with Crippen LogP contribution in [0, 0.1) is 5.82 Å². The molecular weight excluding hydrogens is 207 g/mol.